The van der Waals surface area contributed by atoms with Gasteiger partial charge in [-0.1, -0.05) is 135 Å². The Kier molecular flexibility index (Phi) is 4.97. The fourth-order valence-electron chi connectivity index (χ4n) is 9.21. The SMILES string of the molecule is CC1(C)c2ccccc2-c2ccc3c(c21)c1ccccc1n3-c1ccc2cc(-c3ccc4c5c(cccc35)-c3ccccc3-4)ccc2c1. The zero-order valence-corrected chi connectivity index (χ0v) is 26.9. The first-order valence-electron chi connectivity index (χ1n) is 16.9. The molecule has 9 aromatic rings. The molecule has 48 heavy (non-hydrogen) atoms. The molecule has 0 spiro atoms. The first-order chi connectivity index (χ1) is 23.6. The van der Waals surface area contributed by atoms with Crippen LogP contribution in [0.25, 0.3) is 93.5 Å². The molecule has 0 unspecified atom stereocenters. The summed E-state index contributed by atoms with van der Waals surface area (Å²) in [6.45, 7) is 4.77. The normalized spacial score (nSPS) is 13.8. The van der Waals surface area contributed by atoms with Crippen LogP contribution in [0.3, 0.4) is 0 Å². The van der Waals surface area contributed by atoms with Crippen molar-refractivity contribution in [2.75, 3.05) is 0 Å². The average Bonchev–Trinajstić information content (AvgIpc) is 3.72. The molecule has 0 atom stereocenters. The number of benzene rings is 8. The average molecular weight is 610 g/mol. The van der Waals surface area contributed by atoms with E-state index < -0.39 is 0 Å². The molecule has 1 aromatic heterocycles. The molecular weight excluding hydrogens is 579 g/mol. The minimum atomic E-state index is -0.0778. The molecule has 8 aromatic carbocycles. The van der Waals surface area contributed by atoms with Gasteiger partial charge in [-0.2, -0.15) is 0 Å². The summed E-state index contributed by atoms with van der Waals surface area (Å²) in [7, 11) is 0. The lowest BCUT2D eigenvalue weighted by Gasteiger charge is -2.22. The van der Waals surface area contributed by atoms with E-state index in [9.17, 15) is 0 Å². The van der Waals surface area contributed by atoms with Crippen LogP contribution in [-0.4, -0.2) is 4.57 Å². The zero-order chi connectivity index (χ0) is 31.7. The lowest BCUT2D eigenvalue weighted by atomic mass is 9.80. The molecule has 0 saturated heterocycles. The second kappa shape index (κ2) is 9.12. The van der Waals surface area contributed by atoms with E-state index >= 15 is 0 Å². The van der Waals surface area contributed by atoms with Gasteiger partial charge >= 0.3 is 0 Å². The molecule has 2 aliphatic rings. The van der Waals surface area contributed by atoms with Crippen molar-refractivity contribution < 1.29 is 0 Å². The van der Waals surface area contributed by atoms with Gasteiger partial charge in [0.15, 0.2) is 0 Å². The van der Waals surface area contributed by atoms with Gasteiger partial charge in [0.05, 0.1) is 11.0 Å². The van der Waals surface area contributed by atoms with Gasteiger partial charge in [-0.15, -0.1) is 0 Å². The van der Waals surface area contributed by atoms with Crippen molar-refractivity contribution in [3.8, 4) is 50.2 Å². The molecule has 11 rings (SSSR count). The Bertz CT molecular complexity index is 2830. The number of fused-ring (bicyclic) bond motifs is 11. The third kappa shape index (κ3) is 3.26. The second-order valence-corrected chi connectivity index (χ2v) is 14.1. The highest BCUT2D eigenvalue weighted by molar-refractivity contribution is 6.19. The predicted octanol–water partition coefficient (Wildman–Crippen LogP) is 12.7. The molecule has 0 fully saturated rings. The molecule has 1 heterocycles. The Hall–Kier alpha value is -5.92. The van der Waals surface area contributed by atoms with Crippen LogP contribution in [0.1, 0.15) is 25.0 Å². The molecule has 0 bridgehead atoms. The van der Waals surface area contributed by atoms with E-state index in [1.165, 1.54) is 105 Å². The summed E-state index contributed by atoms with van der Waals surface area (Å²) in [4.78, 5) is 0. The van der Waals surface area contributed by atoms with E-state index in [1.807, 2.05) is 0 Å². The van der Waals surface area contributed by atoms with Crippen LogP contribution in [0.4, 0.5) is 0 Å². The highest BCUT2D eigenvalue weighted by Gasteiger charge is 2.38. The van der Waals surface area contributed by atoms with Gasteiger partial charge in [0, 0.05) is 21.9 Å². The summed E-state index contributed by atoms with van der Waals surface area (Å²) in [6.07, 6.45) is 0. The van der Waals surface area contributed by atoms with Crippen molar-refractivity contribution in [1.29, 1.82) is 0 Å². The Morgan fingerprint density at radius 3 is 1.94 bits per heavy atom. The van der Waals surface area contributed by atoms with E-state index in [4.69, 9.17) is 0 Å². The van der Waals surface area contributed by atoms with Gasteiger partial charge in [-0.05, 0) is 108 Å². The molecule has 224 valence electrons. The Labute approximate surface area is 279 Å². The predicted molar refractivity (Wildman–Crippen MR) is 203 cm³/mol. The highest BCUT2D eigenvalue weighted by Crippen LogP contribution is 2.53. The molecule has 2 aliphatic carbocycles. The standard InChI is InChI=1S/C47H31N/c1-47(2)41-16-7-5-12-35(41)39-24-25-43-45(46(39)47)40-13-6-8-17-42(40)48(43)31-21-20-28-26-30(19-18-29(28)27-31)32-22-23-38-34-11-4-3-10-33(34)37-15-9-14-36(32)44(37)38/h3-27H,1-2H3. The summed E-state index contributed by atoms with van der Waals surface area (Å²) >= 11 is 0. The topological polar surface area (TPSA) is 4.93 Å². The van der Waals surface area contributed by atoms with Crippen molar-refractivity contribution in [2.45, 2.75) is 19.3 Å². The lowest BCUT2D eigenvalue weighted by molar-refractivity contribution is 0.666. The van der Waals surface area contributed by atoms with Crippen LogP contribution < -0.4 is 0 Å². The van der Waals surface area contributed by atoms with Gasteiger partial charge in [-0.3, -0.25) is 0 Å². The summed E-state index contributed by atoms with van der Waals surface area (Å²) in [6, 6.07) is 56.7. The van der Waals surface area contributed by atoms with E-state index in [0.29, 0.717) is 0 Å². The van der Waals surface area contributed by atoms with Gasteiger partial charge < -0.3 is 4.57 Å². The van der Waals surface area contributed by atoms with Crippen LogP contribution in [0, 0.1) is 0 Å². The number of para-hydroxylation sites is 1. The molecule has 0 saturated carbocycles. The number of hydrogen-bond acceptors (Lipinski definition) is 0. The van der Waals surface area contributed by atoms with E-state index in [2.05, 4.69) is 170 Å². The lowest BCUT2D eigenvalue weighted by Crippen LogP contribution is -2.15. The van der Waals surface area contributed by atoms with Crippen molar-refractivity contribution in [3.63, 3.8) is 0 Å². The van der Waals surface area contributed by atoms with Crippen molar-refractivity contribution >= 4 is 43.4 Å². The van der Waals surface area contributed by atoms with Crippen LogP contribution in [0.15, 0.2) is 152 Å². The van der Waals surface area contributed by atoms with Gasteiger partial charge in [-0.25, -0.2) is 0 Å². The van der Waals surface area contributed by atoms with Crippen LogP contribution in [0.2, 0.25) is 0 Å². The second-order valence-electron chi connectivity index (χ2n) is 14.1. The minimum absolute atomic E-state index is 0.0778. The minimum Gasteiger partial charge on any atom is -0.309 e. The summed E-state index contributed by atoms with van der Waals surface area (Å²) in [5, 5.41) is 7.87. The number of hydrogen-bond donors (Lipinski definition) is 0. The monoisotopic (exact) mass is 609 g/mol. The first-order valence-corrected chi connectivity index (χ1v) is 16.9. The van der Waals surface area contributed by atoms with Crippen molar-refractivity contribution in [2.24, 2.45) is 0 Å². The van der Waals surface area contributed by atoms with Crippen LogP contribution in [0.5, 0.6) is 0 Å². The molecule has 0 radical (unpaired) electrons. The molecule has 1 nitrogen and oxygen atoms in total. The molecular formula is C47H31N. The molecule has 0 N–H and O–H groups in total. The number of aromatic nitrogens is 1. The smallest absolute Gasteiger partial charge is 0.0544 e. The Morgan fingerprint density at radius 2 is 1.06 bits per heavy atom. The summed E-state index contributed by atoms with van der Waals surface area (Å²) < 4.78 is 2.47. The van der Waals surface area contributed by atoms with Crippen molar-refractivity contribution in [3.05, 3.63) is 163 Å². The maximum Gasteiger partial charge on any atom is 0.0544 e. The van der Waals surface area contributed by atoms with Crippen LogP contribution in [-0.2, 0) is 5.41 Å². The number of rotatable bonds is 2. The summed E-state index contributed by atoms with van der Waals surface area (Å²) in [5.41, 5.74) is 17.1. The third-order valence-electron chi connectivity index (χ3n) is 11.3. The quantitative estimate of drug-likeness (QED) is 0.184. The van der Waals surface area contributed by atoms with Gasteiger partial charge in [0.1, 0.15) is 0 Å². The first kappa shape index (κ1) is 26.2. The summed E-state index contributed by atoms with van der Waals surface area (Å²) in [5.74, 6) is 0. The van der Waals surface area contributed by atoms with Gasteiger partial charge in [0.25, 0.3) is 0 Å². The van der Waals surface area contributed by atoms with E-state index in [1.54, 1.807) is 0 Å². The maximum atomic E-state index is 2.47. The fraction of sp³-hybridized carbons (Fsp3) is 0.0638. The molecule has 0 aliphatic heterocycles. The Morgan fingerprint density at radius 1 is 0.417 bits per heavy atom. The van der Waals surface area contributed by atoms with Crippen LogP contribution >= 0.6 is 0 Å². The third-order valence-corrected chi connectivity index (χ3v) is 11.3. The molecule has 0 amide bonds. The van der Waals surface area contributed by atoms with E-state index in [0.717, 1.165) is 0 Å². The van der Waals surface area contributed by atoms with Crippen molar-refractivity contribution in [1.82, 2.24) is 4.57 Å². The van der Waals surface area contributed by atoms with Gasteiger partial charge in [0.2, 0.25) is 0 Å². The highest BCUT2D eigenvalue weighted by atomic mass is 15.0. The number of nitrogens with zero attached hydrogens (tertiary/aromatic N) is 1. The largest absolute Gasteiger partial charge is 0.309 e. The molecule has 1 heteroatoms. The maximum absolute atomic E-state index is 2.47. The van der Waals surface area contributed by atoms with E-state index in [-0.39, 0.29) is 5.41 Å². The zero-order valence-electron chi connectivity index (χ0n) is 26.9. The fourth-order valence-corrected chi connectivity index (χ4v) is 9.21. The Balaban J connectivity index is 1.08.